The summed E-state index contributed by atoms with van der Waals surface area (Å²) in [5.41, 5.74) is 0.766. The molecule has 1 heterocycles. The summed E-state index contributed by atoms with van der Waals surface area (Å²) in [6.07, 6.45) is 1.27. The smallest absolute Gasteiger partial charge is 0.251 e. The Labute approximate surface area is 148 Å². The van der Waals surface area contributed by atoms with E-state index in [4.69, 9.17) is 0 Å². The second kappa shape index (κ2) is 8.44. The third-order valence-electron chi connectivity index (χ3n) is 4.02. The van der Waals surface area contributed by atoms with Gasteiger partial charge in [0.1, 0.15) is 0 Å². The van der Waals surface area contributed by atoms with Gasteiger partial charge in [0.2, 0.25) is 0 Å². The van der Waals surface area contributed by atoms with Gasteiger partial charge in [-0.1, -0.05) is 6.07 Å². The van der Waals surface area contributed by atoms with E-state index in [1.165, 1.54) is 6.07 Å². The monoisotopic (exact) mass is 367 g/mol. The molecule has 1 aromatic carbocycles. The fourth-order valence-corrected chi connectivity index (χ4v) is 4.35. The maximum Gasteiger partial charge on any atom is 0.251 e. The highest BCUT2D eigenvalue weighted by atomic mass is 32.2. The van der Waals surface area contributed by atoms with E-state index in [1.54, 1.807) is 18.2 Å². The van der Waals surface area contributed by atoms with Crippen LogP contribution < -0.4 is 10.6 Å². The first kappa shape index (κ1) is 19.4. The molecular formula is C17H25N3O4S. The minimum absolute atomic E-state index is 0.0230. The molecule has 0 bridgehead atoms. The second-order valence-corrected chi connectivity index (χ2v) is 8.80. The summed E-state index contributed by atoms with van der Waals surface area (Å²) in [6.45, 7) is 1.44. The van der Waals surface area contributed by atoms with Gasteiger partial charge in [-0.2, -0.15) is 0 Å². The first-order valence-electron chi connectivity index (χ1n) is 8.31. The van der Waals surface area contributed by atoms with Crippen molar-refractivity contribution >= 4 is 21.7 Å². The average molecular weight is 367 g/mol. The van der Waals surface area contributed by atoms with Crippen molar-refractivity contribution in [2.24, 2.45) is 0 Å². The van der Waals surface area contributed by atoms with Gasteiger partial charge in [0.25, 0.3) is 11.8 Å². The SMILES string of the molecule is CN(C)CCCNC(=O)c1cccc(C(=O)NC2CCS(=O)(=O)C2)c1. The van der Waals surface area contributed by atoms with Crippen molar-refractivity contribution in [2.75, 3.05) is 38.7 Å². The third kappa shape index (κ3) is 6.13. The molecule has 138 valence electrons. The van der Waals surface area contributed by atoms with Crippen LogP contribution in [-0.2, 0) is 9.84 Å². The fourth-order valence-electron chi connectivity index (χ4n) is 2.68. The Hall–Kier alpha value is -1.93. The number of sulfone groups is 1. The molecule has 2 amide bonds. The van der Waals surface area contributed by atoms with E-state index in [0.29, 0.717) is 24.1 Å². The Balaban J connectivity index is 1.91. The van der Waals surface area contributed by atoms with Crippen LogP contribution in [0.2, 0.25) is 0 Å². The highest BCUT2D eigenvalue weighted by molar-refractivity contribution is 7.91. The highest BCUT2D eigenvalue weighted by Gasteiger charge is 2.29. The standard InChI is InChI=1S/C17H25N3O4S/c1-20(2)9-4-8-18-16(21)13-5-3-6-14(11-13)17(22)19-15-7-10-25(23,24)12-15/h3,5-6,11,15H,4,7-10,12H2,1-2H3,(H,18,21)(H,19,22). The number of benzene rings is 1. The summed E-state index contributed by atoms with van der Waals surface area (Å²) in [6, 6.07) is 6.08. The Bertz CT molecular complexity index is 731. The maximum absolute atomic E-state index is 12.3. The molecule has 1 unspecified atom stereocenters. The van der Waals surface area contributed by atoms with E-state index in [2.05, 4.69) is 10.6 Å². The van der Waals surface area contributed by atoms with E-state index in [9.17, 15) is 18.0 Å². The molecule has 1 aliphatic rings. The third-order valence-corrected chi connectivity index (χ3v) is 5.79. The molecule has 1 aromatic rings. The number of carbonyl (C=O) groups is 2. The van der Waals surface area contributed by atoms with Gasteiger partial charge in [-0.3, -0.25) is 9.59 Å². The van der Waals surface area contributed by atoms with Gasteiger partial charge in [0.05, 0.1) is 11.5 Å². The molecule has 0 aromatic heterocycles. The summed E-state index contributed by atoms with van der Waals surface area (Å²) < 4.78 is 22.9. The summed E-state index contributed by atoms with van der Waals surface area (Å²) in [7, 11) is 0.897. The number of amides is 2. The van der Waals surface area contributed by atoms with Crippen LogP contribution in [-0.4, -0.2) is 69.9 Å². The molecule has 1 saturated heterocycles. The molecule has 0 aliphatic carbocycles. The molecule has 1 aliphatic heterocycles. The summed E-state index contributed by atoms with van der Waals surface area (Å²) in [5, 5.41) is 5.55. The predicted molar refractivity (Wildman–Crippen MR) is 96.5 cm³/mol. The van der Waals surface area contributed by atoms with Crippen LogP contribution in [0, 0.1) is 0 Å². The first-order valence-corrected chi connectivity index (χ1v) is 10.1. The molecule has 1 atom stereocenters. The molecule has 2 rings (SSSR count). The lowest BCUT2D eigenvalue weighted by Gasteiger charge is -2.12. The number of nitrogens with zero attached hydrogens (tertiary/aromatic N) is 1. The number of nitrogens with one attached hydrogen (secondary N) is 2. The minimum atomic E-state index is -3.05. The van der Waals surface area contributed by atoms with E-state index < -0.39 is 9.84 Å². The van der Waals surface area contributed by atoms with Crippen molar-refractivity contribution < 1.29 is 18.0 Å². The zero-order valence-corrected chi connectivity index (χ0v) is 15.4. The first-order chi connectivity index (χ1) is 11.8. The van der Waals surface area contributed by atoms with Crippen LogP contribution in [0.15, 0.2) is 24.3 Å². The molecule has 0 radical (unpaired) electrons. The molecule has 7 nitrogen and oxygen atoms in total. The number of hydrogen-bond donors (Lipinski definition) is 2. The zero-order chi connectivity index (χ0) is 18.4. The lowest BCUT2D eigenvalue weighted by Crippen LogP contribution is -2.35. The molecule has 2 N–H and O–H groups in total. The Morgan fingerprint density at radius 2 is 1.88 bits per heavy atom. The Morgan fingerprint density at radius 1 is 1.20 bits per heavy atom. The maximum atomic E-state index is 12.3. The minimum Gasteiger partial charge on any atom is -0.352 e. The quantitative estimate of drug-likeness (QED) is 0.675. The molecule has 25 heavy (non-hydrogen) atoms. The van der Waals surface area contributed by atoms with Gasteiger partial charge in [-0.15, -0.1) is 0 Å². The molecule has 0 spiro atoms. The van der Waals surface area contributed by atoms with Crippen LogP contribution in [0.25, 0.3) is 0 Å². The van der Waals surface area contributed by atoms with Crippen molar-refractivity contribution in [3.63, 3.8) is 0 Å². The summed E-state index contributed by atoms with van der Waals surface area (Å²) >= 11 is 0. The molecular weight excluding hydrogens is 342 g/mol. The molecule has 0 saturated carbocycles. The lowest BCUT2D eigenvalue weighted by atomic mass is 10.1. The van der Waals surface area contributed by atoms with Crippen molar-refractivity contribution in [3.05, 3.63) is 35.4 Å². The highest BCUT2D eigenvalue weighted by Crippen LogP contribution is 2.13. The van der Waals surface area contributed by atoms with Gasteiger partial charge < -0.3 is 15.5 Å². The Kier molecular flexibility index (Phi) is 6.55. The topological polar surface area (TPSA) is 95.6 Å². The number of carbonyl (C=O) groups excluding carboxylic acids is 2. The lowest BCUT2D eigenvalue weighted by molar-refractivity contribution is 0.0941. The normalized spacial score (nSPS) is 18.9. The average Bonchev–Trinajstić information content (AvgIpc) is 2.90. The van der Waals surface area contributed by atoms with Gasteiger partial charge in [-0.25, -0.2) is 8.42 Å². The van der Waals surface area contributed by atoms with Gasteiger partial charge >= 0.3 is 0 Å². The number of rotatable bonds is 7. The van der Waals surface area contributed by atoms with E-state index in [0.717, 1.165) is 13.0 Å². The van der Waals surface area contributed by atoms with Gasteiger partial charge in [0.15, 0.2) is 9.84 Å². The van der Waals surface area contributed by atoms with E-state index in [-0.39, 0.29) is 29.4 Å². The fraction of sp³-hybridized carbons (Fsp3) is 0.529. The van der Waals surface area contributed by atoms with E-state index in [1.807, 2.05) is 19.0 Å². The van der Waals surface area contributed by atoms with Crippen LogP contribution in [0.4, 0.5) is 0 Å². The second-order valence-electron chi connectivity index (χ2n) is 6.57. The van der Waals surface area contributed by atoms with E-state index >= 15 is 0 Å². The van der Waals surface area contributed by atoms with Crippen LogP contribution in [0.3, 0.4) is 0 Å². The Morgan fingerprint density at radius 3 is 2.48 bits per heavy atom. The molecule has 1 fully saturated rings. The van der Waals surface area contributed by atoms with Crippen LogP contribution in [0.1, 0.15) is 33.6 Å². The number of hydrogen-bond acceptors (Lipinski definition) is 5. The van der Waals surface area contributed by atoms with Crippen molar-refractivity contribution in [1.29, 1.82) is 0 Å². The molecule has 8 heteroatoms. The summed E-state index contributed by atoms with van der Waals surface area (Å²) in [4.78, 5) is 26.5. The van der Waals surface area contributed by atoms with Crippen molar-refractivity contribution in [1.82, 2.24) is 15.5 Å². The summed E-state index contributed by atoms with van der Waals surface area (Å²) in [5.74, 6) is -0.501. The van der Waals surface area contributed by atoms with Crippen LogP contribution >= 0.6 is 0 Å². The van der Waals surface area contributed by atoms with Crippen molar-refractivity contribution in [2.45, 2.75) is 18.9 Å². The zero-order valence-electron chi connectivity index (χ0n) is 14.6. The predicted octanol–water partition coefficient (Wildman–Crippen LogP) is 0.285. The van der Waals surface area contributed by atoms with Crippen LogP contribution in [0.5, 0.6) is 0 Å². The van der Waals surface area contributed by atoms with Crippen molar-refractivity contribution in [3.8, 4) is 0 Å². The van der Waals surface area contributed by atoms with Gasteiger partial charge in [-0.05, 0) is 51.7 Å². The largest absolute Gasteiger partial charge is 0.352 e. The van der Waals surface area contributed by atoms with Gasteiger partial charge in [0, 0.05) is 23.7 Å².